The summed E-state index contributed by atoms with van der Waals surface area (Å²) >= 11 is 0. The van der Waals surface area contributed by atoms with Gasteiger partial charge in [-0.1, -0.05) is 6.92 Å². The van der Waals surface area contributed by atoms with E-state index in [1.54, 1.807) is 7.11 Å². The molecule has 4 heteroatoms. The number of aryl methyl sites for hydroxylation is 1. The summed E-state index contributed by atoms with van der Waals surface area (Å²) in [6.07, 6.45) is 1.34. The zero-order chi connectivity index (χ0) is 13.1. The number of nitrogens with zero attached hydrogens (tertiary/aromatic N) is 3. The lowest BCUT2D eigenvalue weighted by atomic mass is 9.96. The second-order valence-corrected chi connectivity index (χ2v) is 4.95. The molecule has 0 bridgehead atoms. The van der Waals surface area contributed by atoms with Crippen molar-refractivity contribution in [2.45, 2.75) is 26.4 Å². The van der Waals surface area contributed by atoms with Crippen LogP contribution < -0.4 is 4.90 Å². The van der Waals surface area contributed by atoms with Crippen LogP contribution in [-0.2, 0) is 4.74 Å². The van der Waals surface area contributed by atoms with Crippen LogP contribution in [0.5, 0.6) is 0 Å². The molecule has 4 nitrogen and oxygen atoms in total. The molecule has 1 fully saturated rings. The Morgan fingerprint density at radius 1 is 1.50 bits per heavy atom. The van der Waals surface area contributed by atoms with Crippen molar-refractivity contribution in [2.24, 2.45) is 5.92 Å². The quantitative estimate of drug-likeness (QED) is 0.801. The molecule has 2 unspecified atom stereocenters. The van der Waals surface area contributed by atoms with Gasteiger partial charge in [0.25, 0.3) is 0 Å². The van der Waals surface area contributed by atoms with E-state index in [4.69, 9.17) is 10.00 Å². The lowest BCUT2D eigenvalue weighted by Gasteiger charge is -2.37. The fraction of sp³-hybridized carbons (Fsp3) is 0.571. The minimum atomic E-state index is 0.242. The van der Waals surface area contributed by atoms with Gasteiger partial charge in [0.1, 0.15) is 5.82 Å². The third-order valence-corrected chi connectivity index (χ3v) is 3.59. The van der Waals surface area contributed by atoms with E-state index >= 15 is 0 Å². The summed E-state index contributed by atoms with van der Waals surface area (Å²) in [6.45, 7) is 5.96. The summed E-state index contributed by atoms with van der Waals surface area (Å²) in [6, 6.07) is 5.85. The minimum absolute atomic E-state index is 0.242. The first-order valence-corrected chi connectivity index (χ1v) is 6.30. The van der Waals surface area contributed by atoms with Crippen LogP contribution in [0.1, 0.15) is 24.6 Å². The molecule has 0 radical (unpaired) electrons. The molecule has 2 rings (SSSR count). The predicted octanol–water partition coefficient (Wildman–Crippen LogP) is 2.12. The first-order chi connectivity index (χ1) is 8.63. The number of rotatable bonds is 2. The van der Waals surface area contributed by atoms with E-state index in [1.807, 2.05) is 19.1 Å². The van der Waals surface area contributed by atoms with E-state index in [9.17, 15) is 0 Å². The molecular weight excluding hydrogens is 226 g/mol. The topological polar surface area (TPSA) is 49.1 Å². The Hall–Kier alpha value is -1.60. The van der Waals surface area contributed by atoms with Gasteiger partial charge in [-0.3, -0.25) is 0 Å². The Morgan fingerprint density at radius 3 is 2.94 bits per heavy atom. The van der Waals surface area contributed by atoms with Gasteiger partial charge in [0.05, 0.1) is 17.7 Å². The second kappa shape index (κ2) is 5.36. The number of anilines is 1. The lowest BCUT2D eigenvalue weighted by molar-refractivity contribution is 0.0496. The average Bonchev–Trinajstić information content (AvgIpc) is 2.38. The first kappa shape index (κ1) is 12.8. The van der Waals surface area contributed by atoms with Crippen LogP contribution in [0, 0.1) is 24.2 Å². The highest BCUT2D eigenvalue weighted by Crippen LogP contribution is 2.24. The molecule has 96 valence electrons. The summed E-state index contributed by atoms with van der Waals surface area (Å²) in [5, 5.41) is 9.00. The van der Waals surface area contributed by atoms with Crippen LogP contribution in [0.15, 0.2) is 12.1 Å². The number of methoxy groups -OCH3 is 1. The Bertz CT molecular complexity index is 467. The number of aromatic nitrogens is 1. The van der Waals surface area contributed by atoms with E-state index in [-0.39, 0.29) is 6.10 Å². The molecule has 1 saturated heterocycles. The Kier molecular flexibility index (Phi) is 3.83. The maximum atomic E-state index is 9.00. The zero-order valence-corrected chi connectivity index (χ0v) is 11.2. The number of nitriles is 1. The molecule has 0 spiro atoms. The molecule has 1 aromatic heterocycles. The molecular formula is C14H19N3O. The normalized spacial score (nSPS) is 23.8. The van der Waals surface area contributed by atoms with Crippen molar-refractivity contribution in [2.75, 3.05) is 25.1 Å². The van der Waals surface area contributed by atoms with Gasteiger partial charge in [-0.25, -0.2) is 4.98 Å². The van der Waals surface area contributed by atoms with Crippen molar-refractivity contribution >= 4 is 5.82 Å². The maximum Gasteiger partial charge on any atom is 0.130 e. The van der Waals surface area contributed by atoms with Gasteiger partial charge in [-0.15, -0.1) is 0 Å². The summed E-state index contributed by atoms with van der Waals surface area (Å²) in [7, 11) is 1.76. The molecule has 1 aromatic rings. The van der Waals surface area contributed by atoms with Crippen LogP contribution in [0.2, 0.25) is 0 Å². The van der Waals surface area contributed by atoms with E-state index in [1.165, 1.54) is 0 Å². The van der Waals surface area contributed by atoms with Crippen molar-refractivity contribution in [1.29, 1.82) is 5.26 Å². The molecule has 0 saturated carbocycles. The number of hydrogen-bond acceptors (Lipinski definition) is 4. The van der Waals surface area contributed by atoms with Gasteiger partial charge in [0.15, 0.2) is 0 Å². The SMILES string of the molecule is COC1CN(c2cc(C#N)cc(C)n2)CCC1C. The maximum absolute atomic E-state index is 9.00. The fourth-order valence-electron chi connectivity index (χ4n) is 2.43. The number of pyridine rings is 1. The monoisotopic (exact) mass is 245 g/mol. The third-order valence-electron chi connectivity index (χ3n) is 3.59. The van der Waals surface area contributed by atoms with Crippen molar-refractivity contribution in [1.82, 2.24) is 4.98 Å². The molecule has 0 N–H and O–H groups in total. The number of hydrogen-bond donors (Lipinski definition) is 0. The van der Waals surface area contributed by atoms with Crippen molar-refractivity contribution in [3.05, 3.63) is 23.4 Å². The predicted molar refractivity (Wildman–Crippen MR) is 70.5 cm³/mol. The second-order valence-electron chi connectivity index (χ2n) is 4.95. The minimum Gasteiger partial charge on any atom is -0.379 e. The van der Waals surface area contributed by atoms with Gasteiger partial charge in [-0.05, 0) is 31.4 Å². The molecule has 0 amide bonds. The Labute approximate surface area is 108 Å². The molecule has 2 atom stereocenters. The van der Waals surface area contributed by atoms with Crippen LogP contribution in [-0.4, -0.2) is 31.3 Å². The third kappa shape index (κ3) is 2.62. The average molecular weight is 245 g/mol. The van der Waals surface area contributed by atoms with Crippen molar-refractivity contribution < 1.29 is 4.74 Å². The van der Waals surface area contributed by atoms with Crippen LogP contribution in [0.4, 0.5) is 5.82 Å². The highest BCUT2D eigenvalue weighted by molar-refractivity contribution is 5.47. The molecule has 1 aliphatic heterocycles. The number of ether oxygens (including phenoxy) is 1. The molecule has 0 aromatic carbocycles. The van der Waals surface area contributed by atoms with E-state index in [0.717, 1.165) is 31.0 Å². The van der Waals surface area contributed by atoms with Gasteiger partial charge < -0.3 is 9.64 Å². The Morgan fingerprint density at radius 2 is 2.28 bits per heavy atom. The summed E-state index contributed by atoms with van der Waals surface area (Å²) in [5.74, 6) is 1.46. The smallest absolute Gasteiger partial charge is 0.130 e. The van der Waals surface area contributed by atoms with Crippen LogP contribution >= 0.6 is 0 Å². The lowest BCUT2D eigenvalue weighted by Crippen LogP contribution is -2.44. The van der Waals surface area contributed by atoms with E-state index < -0.39 is 0 Å². The number of piperidine rings is 1. The molecule has 2 heterocycles. The first-order valence-electron chi connectivity index (χ1n) is 6.30. The zero-order valence-electron chi connectivity index (χ0n) is 11.2. The van der Waals surface area contributed by atoms with Gasteiger partial charge in [0, 0.05) is 25.9 Å². The molecule has 18 heavy (non-hydrogen) atoms. The van der Waals surface area contributed by atoms with Crippen molar-refractivity contribution in [3.63, 3.8) is 0 Å². The standard InChI is InChI=1S/C14H19N3O/c1-10-4-5-17(9-13(10)18-3)14-7-12(8-15)6-11(2)16-14/h6-7,10,13H,4-5,9H2,1-3H3. The highest BCUT2D eigenvalue weighted by Gasteiger charge is 2.26. The summed E-state index contributed by atoms with van der Waals surface area (Å²) in [5.41, 5.74) is 1.56. The van der Waals surface area contributed by atoms with Gasteiger partial charge >= 0.3 is 0 Å². The van der Waals surface area contributed by atoms with Crippen LogP contribution in [0.25, 0.3) is 0 Å². The van der Waals surface area contributed by atoms with E-state index in [2.05, 4.69) is 22.9 Å². The van der Waals surface area contributed by atoms with E-state index in [0.29, 0.717) is 11.5 Å². The van der Waals surface area contributed by atoms with Crippen LogP contribution in [0.3, 0.4) is 0 Å². The Balaban J connectivity index is 2.22. The van der Waals surface area contributed by atoms with Crippen molar-refractivity contribution in [3.8, 4) is 6.07 Å². The summed E-state index contributed by atoms with van der Waals surface area (Å²) in [4.78, 5) is 6.73. The molecule has 1 aliphatic rings. The largest absolute Gasteiger partial charge is 0.379 e. The highest BCUT2D eigenvalue weighted by atomic mass is 16.5. The summed E-state index contributed by atoms with van der Waals surface area (Å²) < 4.78 is 5.51. The fourth-order valence-corrected chi connectivity index (χ4v) is 2.43. The van der Waals surface area contributed by atoms with Gasteiger partial charge in [-0.2, -0.15) is 5.26 Å². The molecule has 0 aliphatic carbocycles. The van der Waals surface area contributed by atoms with Gasteiger partial charge in [0.2, 0.25) is 0 Å².